The fourth-order valence-corrected chi connectivity index (χ4v) is 2.10. The summed E-state index contributed by atoms with van der Waals surface area (Å²) >= 11 is 5.93. The number of nitrogens with one attached hydrogen (secondary N) is 1. The molecule has 1 aromatic carbocycles. The van der Waals surface area contributed by atoms with Crippen LogP contribution in [0.1, 0.15) is 22.8 Å². The highest BCUT2D eigenvalue weighted by molar-refractivity contribution is 6.35. The fraction of sp³-hybridized carbons (Fsp3) is 0.200. The quantitative estimate of drug-likeness (QED) is 0.655. The van der Waals surface area contributed by atoms with Gasteiger partial charge in [-0.2, -0.15) is 13.8 Å². The Hall–Kier alpha value is -2.05. The van der Waals surface area contributed by atoms with Gasteiger partial charge in [0.25, 0.3) is 0 Å². The van der Waals surface area contributed by atoms with E-state index >= 15 is 0 Å². The number of aliphatic hydroxyl groups is 1. The number of ketones is 1. The molecule has 0 saturated carbocycles. The summed E-state index contributed by atoms with van der Waals surface area (Å²) in [5, 5.41) is 12.1. The second-order valence-corrected chi connectivity index (χ2v) is 5.10. The molecule has 0 fully saturated rings. The van der Waals surface area contributed by atoms with Crippen LogP contribution in [0.5, 0.6) is 0 Å². The Morgan fingerprint density at radius 1 is 1.41 bits per heavy atom. The van der Waals surface area contributed by atoms with E-state index in [0.29, 0.717) is 0 Å². The zero-order valence-electron chi connectivity index (χ0n) is 11.6. The lowest BCUT2D eigenvalue weighted by molar-refractivity contribution is 0.103. The van der Waals surface area contributed by atoms with E-state index in [0.717, 1.165) is 6.07 Å². The highest BCUT2D eigenvalue weighted by Crippen LogP contribution is 2.25. The van der Waals surface area contributed by atoms with Crippen LogP contribution in [-0.2, 0) is 0 Å². The van der Waals surface area contributed by atoms with Crippen LogP contribution >= 0.6 is 11.6 Å². The Labute approximate surface area is 130 Å². The standard InChI is InChI=1S/C15H13ClF2N2O2/c1-8(21)7-19-11-6-12(17)20-15(18)13(11)14(22)9-4-2-3-5-10(9)16/h2-6,8,21H,7H2,1H3,(H,19,20)/t8-/m0/s1. The number of aromatic nitrogens is 1. The summed E-state index contributed by atoms with van der Waals surface area (Å²) in [5.74, 6) is -3.02. The summed E-state index contributed by atoms with van der Waals surface area (Å²) in [6.45, 7) is 1.52. The van der Waals surface area contributed by atoms with Gasteiger partial charge >= 0.3 is 0 Å². The number of carbonyl (C=O) groups excluding carboxylic acids is 1. The van der Waals surface area contributed by atoms with Crippen LogP contribution in [0.15, 0.2) is 30.3 Å². The smallest absolute Gasteiger partial charge is 0.228 e. The third kappa shape index (κ3) is 3.58. The van der Waals surface area contributed by atoms with Crippen LogP contribution in [0, 0.1) is 11.9 Å². The molecule has 2 N–H and O–H groups in total. The van der Waals surface area contributed by atoms with E-state index in [-0.39, 0.29) is 22.8 Å². The minimum Gasteiger partial charge on any atom is -0.392 e. The third-order valence-electron chi connectivity index (χ3n) is 2.88. The van der Waals surface area contributed by atoms with Crippen LogP contribution in [0.4, 0.5) is 14.5 Å². The molecule has 0 radical (unpaired) electrons. The first kappa shape index (κ1) is 16.3. The van der Waals surface area contributed by atoms with Gasteiger partial charge in [0.1, 0.15) is 5.56 Å². The number of rotatable bonds is 5. The molecule has 2 rings (SSSR count). The lowest BCUT2D eigenvalue weighted by atomic mass is 10.0. The fourth-order valence-electron chi connectivity index (χ4n) is 1.88. The second-order valence-electron chi connectivity index (χ2n) is 4.70. The van der Waals surface area contributed by atoms with Gasteiger partial charge in [0.15, 0.2) is 0 Å². The number of hydrogen-bond donors (Lipinski definition) is 2. The van der Waals surface area contributed by atoms with Crippen molar-refractivity contribution in [1.82, 2.24) is 4.98 Å². The molecule has 22 heavy (non-hydrogen) atoms. The summed E-state index contributed by atoms with van der Waals surface area (Å²) in [5.41, 5.74) is -0.428. The van der Waals surface area contributed by atoms with E-state index < -0.39 is 29.3 Å². The topological polar surface area (TPSA) is 62.2 Å². The number of carbonyl (C=O) groups is 1. The molecule has 116 valence electrons. The van der Waals surface area contributed by atoms with Crippen molar-refractivity contribution in [3.05, 3.63) is 58.4 Å². The van der Waals surface area contributed by atoms with Gasteiger partial charge < -0.3 is 10.4 Å². The average molecular weight is 327 g/mol. The van der Waals surface area contributed by atoms with E-state index in [1.54, 1.807) is 12.1 Å². The van der Waals surface area contributed by atoms with Gasteiger partial charge in [-0.1, -0.05) is 23.7 Å². The Kier molecular flexibility index (Phi) is 5.05. The molecule has 2 aromatic rings. The molecule has 1 atom stereocenters. The van der Waals surface area contributed by atoms with Crippen molar-refractivity contribution in [2.45, 2.75) is 13.0 Å². The van der Waals surface area contributed by atoms with Crippen molar-refractivity contribution >= 4 is 23.1 Å². The zero-order chi connectivity index (χ0) is 16.3. The molecule has 0 amide bonds. The zero-order valence-corrected chi connectivity index (χ0v) is 12.4. The van der Waals surface area contributed by atoms with E-state index in [2.05, 4.69) is 10.3 Å². The molecule has 0 aliphatic rings. The predicted molar refractivity (Wildman–Crippen MR) is 79.2 cm³/mol. The summed E-state index contributed by atoms with van der Waals surface area (Å²) in [4.78, 5) is 15.5. The molecule has 0 aliphatic carbocycles. The van der Waals surface area contributed by atoms with Gasteiger partial charge in [0.05, 0.1) is 16.8 Å². The highest BCUT2D eigenvalue weighted by atomic mass is 35.5. The van der Waals surface area contributed by atoms with Crippen LogP contribution in [0.2, 0.25) is 5.02 Å². The molecular formula is C15H13ClF2N2O2. The Bertz CT molecular complexity index is 708. The molecule has 1 heterocycles. The van der Waals surface area contributed by atoms with Gasteiger partial charge in [0.2, 0.25) is 17.7 Å². The number of benzene rings is 1. The summed E-state index contributed by atoms with van der Waals surface area (Å²) in [7, 11) is 0. The molecule has 0 spiro atoms. The molecular weight excluding hydrogens is 314 g/mol. The normalized spacial score (nSPS) is 12.0. The van der Waals surface area contributed by atoms with Gasteiger partial charge in [-0.15, -0.1) is 0 Å². The van der Waals surface area contributed by atoms with Crippen molar-refractivity contribution in [3.63, 3.8) is 0 Å². The maximum absolute atomic E-state index is 14.0. The first-order chi connectivity index (χ1) is 10.4. The van der Waals surface area contributed by atoms with Gasteiger partial charge in [-0.05, 0) is 19.1 Å². The molecule has 4 nitrogen and oxygen atoms in total. The number of halogens is 3. The number of hydrogen-bond acceptors (Lipinski definition) is 4. The van der Waals surface area contributed by atoms with E-state index in [1.165, 1.54) is 19.1 Å². The number of nitrogens with zero attached hydrogens (tertiary/aromatic N) is 1. The van der Waals surface area contributed by atoms with Gasteiger partial charge in [-0.25, -0.2) is 0 Å². The monoisotopic (exact) mass is 326 g/mol. The maximum Gasteiger partial charge on any atom is 0.228 e. The number of anilines is 1. The van der Waals surface area contributed by atoms with Crippen LogP contribution in [0.25, 0.3) is 0 Å². The Morgan fingerprint density at radius 3 is 2.73 bits per heavy atom. The molecule has 0 aliphatic heterocycles. The number of aliphatic hydroxyl groups excluding tert-OH is 1. The number of pyridine rings is 1. The van der Waals surface area contributed by atoms with Crippen molar-refractivity contribution < 1.29 is 18.7 Å². The van der Waals surface area contributed by atoms with Gasteiger partial charge in [-0.3, -0.25) is 4.79 Å². The van der Waals surface area contributed by atoms with Crippen LogP contribution in [0.3, 0.4) is 0 Å². The highest BCUT2D eigenvalue weighted by Gasteiger charge is 2.23. The SMILES string of the molecule is C[C@H](O)CNc1cc(F)nc(F)c1C(=O)c1ccccc1Cl. The minimum atomic E-state index is -1.24. The van der Waals surface area contributed by atoms with Crippen molar-refractivity contribution in [1.29, 1.82) is 0 Å². The van der Waals surface area contributed by atoms with Crippen LogP contribution < -0.4 is 5.32 Å². The summed E-state index contributed by atoms with van der Waals surface area (Å²) in [6.07, 6.45) is -0.762. The van der Waals surface area contributed by atoms with E-state index in [9.17, 15) is 18.7 Å². The van der Waals surface area contributed by atoms with E-state index in [1.807, 2.05) is 0 Å². The minimum absolute atomic E-state index is 0.0195. The lowest BCUT2D eigenvalue weighted by Gasteiger charge is -2.13. The Balaban J connectivity index is 2.49. The van der Waals surface area contributed by atoms with Crippen molar-refractivity contribution in [3.8, 4) is 0 Å². The Morgan fingerprint density at radius 2 is 2.09 bits per heavy atom. The first-order valence-corrected chi connectivity index (χ1v) is 6.85. The summed E-state index contributed by atoms with van der Waals surface area (Å²) < 4.78 is 27.3. The average Bonchev–Trinajstić information content (AvgIpc) is 2.44. The maximum atomic E-state index is 14.0. The van der Waals surface area contributed by atoms with E-state index in [4.69, 9.17) is 11.6 Å². The third-order valence-corrected chi connectivity index (χ3v) is 3.21. The summed E-state index contributed by atoms with van der Waals surface area (Å²) in [6, 6.07) is 7.04. The molecule has 0 saturated heterocycles. The second kappa shape index (κ2) is 6.81. The largest absolute Gasteiger partial charge is 0.392 e. The van der Waals surface area contributed by atoms with Crippen molar-refractivity contribution in [2.24, 2.45) is 0 Å². The van der Waals surface area contributed by atoms with Gasteiger partial charge in [0, 0.05) is 18.2 Å². The lowest BCUT2D eigenvalue weighted by Crippen LogP contribution is -2.19. The van der Waals surface area contributed by atoms with Crippen LogP contribution in [-0.4, -0.2) is 28.5 Å². The molecule has 7 heteroatoms. The van der Waals surface area contributed by atoms with Crippen molar-refractivity contribution in [2.75, 3.05) is 11.9 Å². The first-order valence-electron chi connectivity index (χ1n) is 6.47. The molecule has 0 bridgehead atoms. The molecule has 1 aromatic heterocycles. The molecule has 0 unspecified atom stereocenters. The predicted octanol–water partition coefficient (Wildman–Crippen LogP) is 3.04.